The zero-order valence-electron chi connectivity index (χ0n) is 5.76. The minimum atomic E-state index is 0.403. The number of hydrogen-bond acceptors (Lipinski definition) is 2. The minimum Gasteiger partial charge on any atom is -0.363 e. The van der Waals surface area contributed by atoms with Gasteiger partial charge in [-0.2, -0.15) is 0 Å². The highest BCUT2D eigenvalue weighted by atomic mass is 16.5. The average Bonchev–Trinajstić information content (AvgIpc) is 2.22. The number of nitrogens with one attached hydrogen (secondary N) is 1. The summed E-state index contributed by atoms with van der Waals surface area (Å²) in [6.45, 7) is 3.19. The first-order valence-corrected chi connectivity index (χ1v) is 3.74. The van der Waals surface area contributed by atoms with E-state index in [1.807, 2.05) is 0 Å². The highest BCUT2D eigenvalue weighted by Gasteiger charge is 2.35. The van der Waals surface area contributed by atoms with Gasteiger partial charge in [0.15, 0.2) is 0 Å². The molecule has 0 saturated carbocycles. The third kappa shape index (κ3) is 0.864. The first-order chi connectivity index (χ1) is 4.36. The van der Waals surface area contributed by atoms with Crippen LogP contribution in [0.5, 0.6) is 0 Å². The smallest absolute Gasteiger partial charge is 0.111 e. The topological polar surface area (TPSA) is 21.3 Å². The summed E-state index contributed by atoms with van der Waals surface area (Å²) in [7, 11) is 0. The zero-order valence-corrected chi connectivity index (χ0v) is 5.76. The monoisotopic (exact) mass is 127 g/mol. The van der Waals surface area contributed by atoms with E-state index in [0.717, 1.165) is 12.5 Å². The summed E-state index contributed by atoms with van der Waals surface area (Å²) in [5.74, 6) is 0.819. The van der Waals surface area contributed by atoms with Gasteiger partial charge in [0.25, 0.3) is 0 Å². The lowest BCUT2D eigenvalue weighted by molar-refractivity contribution is 0.0819. The highest BCUT2D eigenvalue weighted by molar-refractivity contribution is 4.86. The molecule has 2 aliphatic heterocycles. The van der Waals surface area contributed by atoms with Crippen LogP contribution in [0, 0.1) is 5.92 Å². The van der Waals surface area contributed by atoms with Gasteiger partial charge in [-0.3, -0.25) is 5.32 Å². The van der Waals surface area contributed by atoms with Gasteiger partial charge in [-0.15, -0.1) is 0 Å². The van der Waals surface area contributed by atoms with Crippen molar-refractivity contribution < 1.29 is 4.74 Å². The van der Waals surface area contributed by atoms with Gasteiger partial charge in [0.1, 0.15) is 6.23 Å². The Hall–Kier alpha value is -0.0800. The van der Waals surface area contributed by atoms with Gasteiger partial charge in [0.2, 0.25) is 0 Å². The molecule has 0 amide bonds. The van der Waals surface area contributed by atoms with Crippen LogP contribution in [0.2, 0.25) is 0 Å². The van der Waals surface area contributed by atoms with E-state index in [2.05, 4.69) is 12.2 Å². The predicted octanol–water partition coefficient (Wildman–Crippen LogP) is 0.731. The molecule has 2 aliphatic rings. The van der Waals surface area contributed by atoms with Gasteiger partial charge >= 0.3 is 0 Å². The lowest BCUT2D eigenvalue weighted by Crippen LogP contribution is -2.28. The third-order valence-electron chi connectivity index (χ3n) is 2.32. The second-order valence-corrected chi connectivity index (χ2v) is 3.14. The first kappa shape index (κ1) is 5.69. The molecule has 0 aromatic carbocycles. The number of ether oxygens (including phenoxy) is 1. The molecule has 2 rings (SSSR count). The third-order valence-corrected chi connectivity index (χ3v) is 2.32. The molecular weight excluding hydrogens is 114 g/mol. The molecule has 0 aliphatic carbocycles. The second kappa shape index (κ2) is 1.96. The normalized spacial score (nSPS) is 49.7. The molecule has 0 bridgehead atoms. The Kier molecular flexibility index (Phi) is 1.24. The van der Waals surface area contributed by atoms with Crippen molar-refractivity contribution >= 4 is 0 Å². The Morgan fingerprint density at radius 3 is 3.22 bits per heavy atom. The lowest BCUT2D eigenvalue weighted by Gasteiger charge is -2.07. The van der Waals surface area contributed by atoms with E-state index < -0.39 is 0 Å². The number of rotatable bonds is 0. The van der Waals surface area contributed by atoms with Crippen molar-refractivity contribution in [1.82, 2.24) is 5.32 Å². The van der Waals surface area contributed by atoms with Gasteiger partial charge in [-0.25, -0.2) is 0 Å². The molecular formula is C7H13NO. The van der Waals surface area contributed by atoms with Crippen molar-refractivity contribution in [2.24, 2.45) is 5.92 Å². The fourth-order valence-electron chi connectivity index (χ4n) is 1.86. The van der Waals surface area contributed by atoms with Crippen molar-refractivity contribution in [2.75, 3.05) is 6.61 Å². The molecule has 2 saturated heterocycles. The minimum absolute atomic E-state index is 0.403. The number of fused-ring (bicyclic) bond motifs is 1. The molecule has 3 atom stereocenters. The van der Waals surface area contributed by atoms with E-state index >= 15 is 0 Å². The summed E-state index contributed by atoms with van der Waals surface area (Å²) < 4.78 is 5.44. The van der Waals surface area contributed by atoms with Crippen molar-refractivity contribution in [3.8, 4) is 0 Å². The van der Waals surface area contributed by atoms with E-state index in [0.29, 0.717) is 12.3 Å². The molecule has 52 valence electrons. The molecule has 1 N–H and O–H groups in total. The summed E-state index contributed by atoms with van der Waals surface area (Å²) in [4.78, 5) is 0. The Morgan fingerprint density at radius 1 is 1.56 bits per heavy atom. The van der Waals surface area contributed by atoms with E-state index in [1.165, 1.54) is 12.8 Å². The maximum absolute atomic E-state index is 5.44. The van der Waals surface area contributed by atoms with Crippen LogP contribution < -0.4 is 5.32 Å². The lowest BCUT2D eigenvalue weighted by atomic mass is 10.0. The van der Waals surface area contributed by atoms with E-state index in [1.54, 1.807) is 0 Å². The molecule has 9 heavy (non-hydrogen) atoms. The average molecular weight is 127 g/mol. The van der Waals surface area contributed by atoms with Crippen LogP contribution >= 0.6 is 0 Å². The summed E-state index contributed by atoms with van der Waals surface area (Å²) in [5, 5.41) is 3.39. The Labute approximate surface area is 55.6 Å². The summed E-state index contributed by atoms with van der Waals surface area (Å²) >= 11 is 0. The molecule has 0 radical (unpaired) electrons. The van der Waals surface area contributed by atoms with Crippen molar-refractivity contribution in [3.63, 3.8) is 0 Å². The van der Waals surface area contributed by atoms with E-state index in [4.69, 9.17) is 4.74 Å². The molecule has 2 heteroatoms. The number of hydrogen-bond donors (Lipinski definition) is 1. The van der Waals surface area contributed by atoms with Gasteiger partial charge in [-0.05, 0) is 19.8 Å². The van der Waals surface area contributed by atoms with Crippen LogP contribution in [0.15, 0.2) is 0 Å². The van der Waals surface area contributed by atoms with Crippen molar-refractivity contribution in [2.45, 2.75) is 32.0 Å². The SMILES string of the molecule is CC1CC2CCOC2N1. The summed E-state index contributed by atoms with van der Waals surface area (Å²) in [5.41, 5.74) is 0. The quantitative estimate of drug-likeness (QED) is 0.518. The van der Waals surface area contributed by atoms with Crippen LogP contribution in [0.1, 0.15) is 19.8 Å². The zero-order chi connectivity index (χ0) is 6.27. The van der Waals surface area contributed by atoms with Crippen LogP contribution in [-0.4, -0.2) is 18.9 Å². The Balaban J connectivity index is 2.02. The molecule has 3 unspecified atom stereocenters. The second-order valence-electron chi connectivity index (χ2n) is 3.14. The summed E-state index contributed by atoms with van der Waals surface area (Å²) in [6, 6.07) is 0.681. The maximum Gasteiger partial charge on any atom is 0.111 e. The van der Waals surface area contributed by atoms with Gasteiger partial charge in [-0.1, -0.05) is 0 Å². The fourth-order valence-corrected chi connectivity index (χ4v) is 1.86. The molecule has 2 heterocycles. The molecule has 0 spiro atoms. The first-order valence-electron chi connectivity index (χ1n) is 3.74. The van der Waals surface area contributed by atoms with Crippen LogP contribution in [0.4, 0.5) is 0 Å². The highest BCUT2D eigenvalue weighted by Crippen LogP contribution is 2.29. The molecule has 2 fully saturated rings. The molecule has 2 nitrogen and oxygen atoms in total. The largest absolute Gasteiger partial charge is 0.363 e. The van der Waals surface area contributed by atoms with Crippen LogP contribution in [0.25, 0.3) is 0 Å². The molecule has 0 aromatic rings. The van der Waals surface area contributed by atoms with E-state index in [9.17, 15) is 0 Å². The summed E-state index contributed by atoms with van der Waals surface area (Å²) in [6.07, 6.45) is 2.98. The predicted molar refractivity (Wildman–Crippen MR) is 35.1 cm³/mol. The molecule has 0 aromatic heterocycles. The maximum atomic E-state index is 5.44. The van der Waals surface area contributed by atoms with Crippen molar-refractivity contribution in [3.05, 3.63) is 0 Å². The van der Waals surface area contributed by atoms with Gasteiger partial charge < -0.3 is 4.74 Å². The van der Waals surface area contributed by atoms with Crippen molar-refractivity contribution in [1.29, 1.82) is 0 Å². The van der Waals surface area contributed by atoms with Crippen LogP contribution in [0.3, 0.4) is 0 Å². The van der Waals surface area contributed by atoms with Gasteiger partial charge in [0.05, 0.1) is 0 Å². The van der Waals surface area contributed by atoms with Crippen LogP contribution in [-0.2, 0) is 4.74 Å². The Bertz CT molecular complexity index is 103. The van der Waals surface area contributed by atoms with Gasteiger partial charge in [0, 0.05) is 18.6 Å². The standard InChI is InChI=1S/C7H13NO/c1-5-4-6-2-3-9-7(6)8-5/h5-8H,2-4H2,1H3. The Morgan fingerprint density at radius 2 is 2.44 bits per heavy atom. The fraction of sp³-hybridized carbons (Fsp3) is 1.00. The van der Waals surface area contributed by atoms with E-state index in [-0.39, 0.29) is 0 Å².